The summed E-state index contributed by atoms with van der Waals surface area (Å²) in [6, 6.07) is 0. The zero-order valence-electron chi connectivity index (χ0n) is 6.36. The van der Waals surface area contributed by atoms with Crippen LogP contribution in [0.3, 0.4) is 0 Å². The molecule has 0 bridgehead atoms. The lowest BCUT2D eigenvalue weighted by molar-refractivity contribution is -0.139. The van der Waals surface area contributed by atoms with Gasteiger partial charge in [-0.15, -0.1) is 0 Å². The lowest BCUT2D eigenvalue weighted by Gasteiger charge is -1.97. The van der Waals surface area contributed by atoms with Gasteiger partial charge in [0.1, 0.15) is 0 Å². The summed E-state index contributed by atoms with van der Waals surface area (Å²) in [6.45, 7) is 9.17. The lowest BCUT2D eigenvalue weighted by atomic mass is 10.4. The Morgan fingerprint density at radius 2 is 1.75 bits per heavy atom. The highest BCUT2D eigenvalue weighted by atomic mass is 16.7. The van der Waals surface area contributed by atoms with Gasteiger partial charge < -0.3 is 10.6 Å². The Hall–Kier alpha value is -1.98. The third-order valence-electron chi connectivity index (χ3n) is 0.908. The maximum absolute atomic E-state index is 10.8. The number of carbonyl (C=O) groups is 1. The van der Waals surface area contributed by atoms with Crippen LogP contribution in [-0.4, -0.2) is 26.1 Å². The Balaban J connectivity index is 4.72. The SMILES string of the molecule is C=NOC(=O)C(N)=C(N=C)N=C. The predicted octanol–water partition coefficient (Wildman–Crippen LogP) is -0.326. The van der Waals surface area contributed by atoms with Crippen molar-refractivity contribution in [2.75, 3.05) is 0 Å². The molecule has 0 aliphatic heterocycles. The van der Waals surface area contributed by atoms with E-state index >= 15 is 0 Å². The molecule has 0 atom stereocenters. The van der Waals surface area contributed by atoms with Crippen molar-refractivity contribution in [2.45, 2.75) is 0 Å². The molecular weight excluding hydrogens is 160 g/mol. The second kappa shape index (κ2) is 4.78. The molecule has 0 aliphatic rings. The summed E-state index contributed by atoms with van der Waals surface area (Å²) < 4.78 is 0. The van der Waals surface area contributed by atoms with Gasteiger partial charge >= 0.3 is 5.97 Å². The molecule has 12 heavy (non-hydrogen) atoms. The molecule has 6 nitrogen and oxygen atoms in total. The molecule has 0 fully saturated rings. The highest BCUT2D eigenvalue weighted by molar-refractivity contribution is 5.88. The van der Waals surface area contributed by atoms with Crippen molar-refractivity contribution < 1.29 is 9.63 Å². The molecule has 0 saturated heterocycles. The van der Waals surface area contributed by atoms with Crippen molar-refractivity contribution in [3.63, 3.8) is 0 Å². The molecule has 0 aliphatic carbocycles. The van der Waals surface area contributed by atoms with Crippen LogP contribution in [0.4, 0.5) is 0 Å². The van der Waals surface area contributed by atoms with Crippen molar-refractivity contribution in [1.82, 2.24) is 0 Å². The zero-order chi connectivity index (χ0) is 9.56. The fourth-order valence-corrected chi connectivity index (χ4v) is 0.419. The van der Waals surface area contributed by atoms with Crippen LogP contribution in [0, 0.1) is 0 Å². The molecule has 0 saturated carbocycles. The summed E-state index contributed by atoms with van der Waals surface area (Å²) >= 11 is 0. The van der Waals surface area contributed by atoms with Crippen LogP contribution >= 0.6 is 0 Å². The van der Waals surface area contributed by atoms with E-state index in [1.165, 1.54) is 0 Å². The average molecular weight is 168 g/mol. The third kappa shape index (κ3) is 2.33. The fraction of sp³-hybridized carbons (Fsp3) is 0. The molecule has 0 aromatic carbocycles. The first-order valence-electron chi connectivity index (χ1n) is 2.78. The Labute approximate surface area is 69.1 Å². The van der Waals surface area contributed by atoms with Crippen molar-refractivity contribution in [1.29, 1.82) is 0 Å². The molecule has 6 heteroatoms. The van der Waals surface area contributed by atoms with E-state index in [-0.39, 0.29) is 11.5 Å². The quantitative estimate of drug-likeness (QED) is 0.270. The van der Waals surface area contributed by atoms with Gasteiger partial charge in [0, 0.05) is 6.72 Å². The van der Waals surface area contributed by atoms with Crippen LogP contribution in [0.25, 0.3) is 0 Å². The number of nitrogens with zero attached hydrogens (tertiary/aromatic N) is 3. The number of carbonyl (C=O) groups excluding carboxylic acids is 1. The van der Waals surface area contributed by atoms with E-state index in [1.54, 1.807) is 0 Å². The van der Waals surface area contributed by atoms with E-state index in [9.17, 15) is 4.79 Å². The highest BCUT2D eigenvalue weighted by Gasteiger charge is 2.11. The van der Waals surface area contributed by atoms with Crippen LogP contribution in [0.2, 0.25) is 0 Å². The van der Waals surface area contributed by atoms with Gasteiger partial charge in [-0.3, -0.25) is 0 Å². The van der Waals surface area contributed by atoms with Crippen LogP contribution in [0.15, 0.2) is 26.7 Å². The zero-order valence-corrected chi connectivity index (χ0v) is 6.36. The first kappa shape index (κ1) is 10.0. The Morgan fingerprint density at radius 3 is 2.08 bits per heavy atom. The average Bonchev–Trinajstić information content (AvgIpc) is 2.07. The minimum Gasteiger partial charge on any atom is -0.390 e. The van der Waals surface area contributed by atoms with Crippen molar-refractivity contribution in [3.05, 3.63) is 11.5 Å². The number of oxime groups is 1. The predicted molar refractivity (Wildman–Crippen MR) is 46.0 cm³/mol. The van der Waals surface area contributed by atoms with Gasteiger partial charge in [-0.25, -0.2) is 14.8 Å². The van der Waals surface area contributed by atoms with Crippen molar-refractivity contribution >= 4 is 26.1 Å². The largest absolute Gasteiger partial charge is 0.390 e. The summed E-state index contributed by atoms with van der Waals surface area (Å²) in [5.74, 6) is -0.983. The summed E-state index contributed by atoms with van der Waals surface area (Å²) in [5, 5.41) is 2.87. The summed E-state index contributed by atoms with van der Waals surface area (Å²) in [5.41, 5.74) is 4.91. The molecule has 0 unspecified atom stereocenters. The Morgan fingerprint density at radius 1 is 1.25 bits per heavy atom. The maximum atomic E-state index is 10.8. The first-order valence-corrected chi connectivity index (χ1v) is 2.78. The minimum absolute atomic E-state index is 0.0938. The van der Waals surface area contributed by atoms with Gasteiger partial charge in [-0.2, -0.15) is 0 Å². The standard InChI is InChI=1S/C6H8N4O2/c1-8-5(9-2)4(7)6(11)12-10-3/h1-3,7H2. The van der Waals surface area contributed by atoms with Crippen LogP contribution in [0.5, 0.6) is 0 Å². The van der Waals surface area contributed by atoms with E-state index in [0.29, 0.717) is 0 Å². The molecule has 0 amide bonds. The molecular formula is C6H8N4O2. The topological polar surface area (TPSA) is 89.4 Å². The van der Waals surface area contributed by atoms with Crippen LogP contribution in [0.1, 0.15) is 0 Å². The van der Waals surface area contributed by atoms with E-state index in [2.05, 4.69) is 40.1 Å². The van der Waals surface area contributed by atoms with Gasteiger partial charge in [0.15, 0.2) is 11.5 Å². The van der Waals surface area contributed by atoms with Gasteiger partial charge in [0.05, 0.1) is 0 Å². The third-order valence-corrected chi connectivity index (χ3v) is 0.908. The number of hydrogen-bond acceptors (Lipinski definition) is 6. The monoisotopic (exact) mass is 168 g/mol. The number of nitrogens with two attached hydrogens (primary N) is 1. The summed E-state index contributed by atoms with van der Waals surface area (Å²) in [7, 11) is 0. The highest BCUT2D eigenvalue weighted by Crippen LogP contribution is 2.02. The smallest absolute Gasteiger partial charge is 0.385 e. The molecule has 0 spiro atoms. The first-order chi connectivity index (χ1) is 5.67. The molecule has 0 rings (SSSR count). The number of hydrogen-bond donors (Lipinski definition) is 1. The van der Waals surface area contributed by atoms with Crippen molar-refractivity contribution in [3.8, 4) is 0 Å². The van der Waals surface area contributed by atoms with Gasteiger partial charge in [-0.1, -0.05) is 5.16 Å². The van der Waals surface area contributed by atoms with Gasteiger partial charge in [0.2, 0.25) is 0 Å². The number of rotatable bonds is 4. The van der Waals surface area contributed by atoms with E-state index in [0.717, 1.165) is 0 Å². The summed E-state index contributed by atoms with van der Waals surface area (Å²) in [6.07, 6.45) is 0. The summed E-state index contributed by atoms with van der Waals surface area (Å²) in [4.78, 5) is 21.5. The molecule has 2 N–H and O–H groups in total. The molecule has 0 aromatic rings. The second-order valence-corrected chi connectivity index (χ2v) is 1.56. The van der Waals surface area contributed by atoms with Gasteiger partial charge in [-0.05, 0) is 13.4 Å². The maximum Gasteiger partial charge on any atom is 0.385 e. The molecule has 0 heterocycles. The normalized spacial score (nSPS) is 8.00. The molecule has 64 valence electrons. The Kier molecular flexibility index (Phi) is 3.99. The van der Waals surface area contributed by atoms with Crippen LogP contribution < -0.4 is 5.73 Å². The Bertz CT molecular complexity index is 246. The lowest BCUT2D eigenvalue weighted by Crippen LogP contribution is -2.14. The van der Waals surface area contributed by atoms with Crippen molar-refractivity contribution in [2.24, 2.45) is 20.9 Å². The van der Waals surface area contributed by atoms with E-state index < -0.39 is 5.97 Å². The van der Waals surface area contributed by atoms with E-state index in [1.807, 2.05) is 0 Å². The van der Waals surface area contributed by atoms with E-state index in [4.69, 9.17) is 5.73 Å². The number of aliphatic imine (C=N–C) groups is 2. The fourth-order valence-electron chi connectivity index (χ4n) is 0.419. The molecule has 0 radical (unpaired) electrons. The minimum atomic E-state index is -0.889. The van der Waals surface area contributed by atoms with Crippen LogP contribution in [-0.2, 0) is 9.63 Å². The molecule has 0 aromatic heterocycles. The van der Waals surface area contributed by atoms with Gasteiger partial charge in [0.25, 0.3) is 0 Å². The second-order valence-electron chi connectivity index (χ2n) is 1.56.